The summed E-state index contributed by atoms with van der Waals surface area (Å²) in [5.41, 5.74) is 3.04. The van der Waals surface area contributed by atoms with Gasteiger partial charge in [-0.1, -0.05) is 17.7 Å². The number of phenols is 1. The maximum Gasteiger partial charge on any atom is 0.329 e. The number of methoxy groups -OCH3 is 1. The summed E-state index contributed by atoms with van der Waals surface area (Å²) in [6, 6.07) is 9.48. The lowest BCUT2D eigenvalue weighted by molar-refractivity contribution is -0.136. The zero-order valence-electron chi connectivity index (χ0n) is 12.9. The first-order valence-corrected chi connectivity index (χ1v) is 8.04. The molecule has 0 fully saturated rings. The second-order valence-electron chi connectivity index (χ2n) is 4.72. The van der Waals surface area contributed by atoms with Crippen molar-refractivity contribution in [3.8, 4) is 11.5 Å². The monoisotopic (exact) mass is 425 g/mol. The molecule has 0 saturated carbocycles. The highest BCUT2D eigenvalue weighted by molar-refractivity contribution is 9.10. The third-order valence-corrected chi connectivity index (χ3v) is 3.78. The van der Waals surface area contributed by atoms with Gasteiger partial charge in [0.25, 0.3) is 0 Å². The van der Waals surface area contributed by atoms with Gasteiger partial charge in [0.15, 0.2) is 11.5 Å². The number of hydrogen-bond acceptors (Lipinski definition) is 5. The Hall–Kier alpha value is -2.58. The van der Waals surface area contributed by atoms with Gasteiger partial charge in [-0.15, -0.1) is 0 Å². The Bertz CT molecular complexity index is 842. The van der Waals surface area contributed by atoms with E-state index in [2.05, 4.69) is 31.8 Å². The molecule has 0 radical (unpaired) electrons. The third kappa shape index (κ3) is 5.20. The Kier molecular flexibility index (Phi) is 6.37. The molecule has 9 heteroatoms. The second-order valence-corrected chi connectivity index (χ2v) is 6.01. The Labute approximate surface area is 156 Å². The largest absolute Gasteiger partial charge is 0.503 e. The van der Waals surface area contributed by atoms with E-state index in [-0.39, 0.29) is 11.5 Å². The van der Waals surface area contributed by atoms with Crippen LogP contribution in [-0.2, 0) is 9.59 Å². The lowest BCUT2D eigenvalue weighted by Crippen LogP contribution is -2.32. The summed E-state index contributed by atoms with van der Waals surface area (Å²) in [6.07, 6.45) is 1.30. The van der Waals surface area contributed by atoms with E-state index in [1.165, 1.54) is 25.5 Å². The molecule has 2 rings (SSSR count). The molecule has 2 aromatic rings. The number of halogens is 2. The first kappa shape index (κ1) is 18.8. The quantitative estimate of drug-likeness (QED) is 0.397. The summed E-state index contributed by atoms with van der Waals surface area (Å²) in [5, 5.41) is 16.2. The van der Waals surface area contributed by atoms with Gasteiger partial charge in [0.2, 0.25) is 0 Å². The van der Waals surface area contributed by atoms with Gasteiger partial charge in [-0.2, -0.15) is 5.10 Å². The van der Waals surface area contributed by atoms with Crippen LogP contribution < -0.4 is 15.5 Å². The summed E-state index contributed by atoms with van der Waals surface area (Å²) in [4.78, 5) is 23.5. The first-order valence-electron chi connectivity index (χ1n) is 6.87. The van der Waals surface area contributed by atoms with E-state index < -0.39 is 11.8 Å². The fourth-order valence-electron chi connectivity index (χ4n) is 1.79. The third-order valence-electron chi connectivity index (χ3n) is 2.94. The van der Waals surface area contributed by atoms with E-state index >= 15 is 0 Å². The number of amides is 2. The van der Waals surface area contributed by atoms with Gasteiger partial charge in [0, 0.05) is 10.7 Å². The van der Waals surface area contributed by atoms with Crippen LogP contribution in [0.2, 0.25) is 5.02 Å². The topological polar surface area (TPSA) is 100 Å². The van der Waals surface area contributed by atoms with Crippen LogP contribution in [0.15, 0.2) is 46.0 Å². The molecule has 0 atom stereocenters. The van der Waals surface area contributed by atoms with Crippen LogP contribution in [0.3, 0.4) is 0 Å². The molecule has 0 aromatic heterocycles. The number of hydrogen-bond donors (Lipinski definition) is 3. The number of nitrogens with zero attached hydrogens (tertiary/aromatic N) is 1. The van der Waals surface area contributed by atoms with Crippen molar-refractivity contribution in [3.05, 3.63) is 51.5 Å². The zero-order chi connectivity index (χ0) is 18.4. The minimum atomic E-state index is -0.943. The molecule has 2 aromatic carbocycles. The van der Waals surface area contributed by atoms with E-state index in [9.17, 15) is 14.7 Å². The molecule has 2 amide bonds. The van der Waals surface area contributed by atoms with Crippen LogP contribution in [0.1, 0.15) is 5.56 Å². The summed E-state index contributed by atoms with van der Waals surface area (Å²) in [7, 11) is 1.41. The molecule has 3 N–H and O–H groups in total. The zero-order valence-corrected chi connectivity index (χ0v) is 15.3. The Balaban J connectivity index is 1.98. The van der Waals surface area contributed by atoms with Crippen molar-refractivity contribution in [1.29, 1.82) is 0 Å². The fraction of sp³-hybridized carbons (Fsp3) is 0.0625. The number of hydrazone groups is 1. The molecule has 0 saturated heterocycles. The lowest BCUT2D eigenvalue weighted by atomic mass is 10.2. The minimum absolute atomic E-state index is 0.0513. The van der Waals surface area contributed by atoms with Crippen molar-refractivity contribution in [2.24, 2.45) is 5.10 Å². The summed E-state index contributed by atoms with van der Waals surface area (Å²) in [5.74, 6) is -1.64. The normalized spacial score (nSPS) is 10.5. The number of carbonyl (C=O) groups excluding carboxylic acids is 2. The maximum absolute atomic E-state index is 11.8. The molecular formula is C16H13BrClN3O4. The Morgan fingerprint density at radius 3 is 2.72 bits per heavy atom. The molecule has 130 valence electrons. The Morgan fingerprint density at radius 2 is 2.04 bits per heavy atom. The molecule has 0 spiro atoms. The number of phenolic OH excluding ortho intramolecular Hbond substituents is 1. The van der Waals surface area contributed by atoms with Gasteiger partial charge >= 0.3 is 11.8 Å². The van der Waals surface area contributed by atoms with E-state index in [4.69, 9.17) is 16.3 Å². The molecule has 0 heterocycles. The Morgan fingerprint density at radius 1 is 1.28 bits per heavy atom. The van der Waals surface area contributed by atoms with Crippen LogP contribution in [0.25, 0.3) is 0 Å². The highest BCUT2D eigenvalue weighted by Crippen LogP contribution is 2.34. The van der Waals surface area contributed by atoms with Gasteiger partial charge in [0.05, 0.1) is 17.8 Å². The standard InChI is InChI=1S/C16H13BrClN3O4/c1-25-13-6-9(5-12(17)14(13)22)8-19-21-16(24)15(23)20-11-4-2-3-10(18)7-11/h2-8,22H,1H3,(H,20,23)(H,21,24)/b19-8-. The van der Waals surface area contributed by atoms with Crippen LogP contribution in [0, 0.1) is 0 Å². The first-order chi connectivity index (χ1) is 11.9. The van der Waals surface area contributed by atoms with Gasteiger partial charge in [0.1, 0.15) is 0 Å². The average molecular weight is 427 g/mol. The van der Waals surface area contributed by atoms with Gasteiger partial charge < -0.3 is 15.2 Å². The van der Waals surface area contributed by atoms with Crippen LogP contribution >= 0.6 is 27.5 Å². The predicted octanol–water partition coefficient (Wildman–Crippen LogP) is 2.91. The van der Waals surface area contributed by atoms with Crippen molar-refractivity contribution in [2.45, 2.75) is 0 Å². The fourth-order valence-corrected chi connectivity index (χ4v) is 2.44. The predicted molar refractivity (Wildman–Crippen MR) is 98.2 cm³/mol. The van der Waals surface area contributed by atoms with E-state index in [1.54, 1.807) is 24.3 Å². The molecule has 25 heavy (non-hydrogen) atoms. The lowest BCUT2D eigenvalue weighted by Gasteiger charge is -2.06. The number of carbonyl (C=O) groups is 2. The van der Waals surface area contributed by atoms with Crippen LogP contribution in [0.5, 0.6) is 11.5 Å². The average Bonchev–Trinajstić information content (AvgIpc) is 2.57. The van der Waals surface area contributed by atoms with E-state index in [1.807, 2.05) is 0 Å². The molecule has 0 aliphatic heterocycles. The summed E-state index contributed by atoms with van der Waals surface area (Å²) >= 11 is 8.97. The number of nitrogens with one attached hydrogen (secondary N) is 2. The number of benzene rings is 2. The number of rotatable bonds is 4. The maximum atomic E-state index is 11.8. The van der Waals surface area contributed by atoms with Crippen LogP contribution in [-0.4, -0.2) is 30.2 Å². The van der Waals surface area contributed by atoms with Crippen molar-refractivity contribution in [1.82, 2.24) is 5.43 Å². The summed E-state index contributed by atoms with van der Waals surface area (Å²) < 4.78 is 5.41. The van der Waals surface area contributed by atoms with Crippen molar-refractivity contribution < 1.29 is 19.4 Å². The minimum Gasteiger partial charge on any atom is -0.503 e. The van der Waals surface area contributed by atoms with Crippen molar-refractivity contribution in [3.63, 3.8) is 0 Å². The second kappa shape index (κ2) is 8.50. The van der Waals surface area contributed by atoms with Crippen LogP contribution in [0.4, 0.5) is 5.69 Å². The SMILES string of the molecule is COc1cc(/C=N\NC(=O)C(=O)Nc2cccc(Cl)c2)cc(Br)c1O. The molecule has 0 unspecified atom stereocenters. The molecule has 0 bridgehead atoms. The van der Waals surface area contributed by atoms with Crippen molar-refractivity contribution >= 4 is 51.2 Å². The van der Waals surface area contributed by atoms with E-state index in [0.29, 0.717) is 20.7 Å². The van der Waals surface area contributed by atoms with Crippen molar-refractivity contribution in [2.75, 3.05) is 12.4 Å². The molecular weight excluding hydrogens is 414 g/mol. The highest BCUT2D eigenvalue weighted by Gasteiger charge is 2.13. The van der Waals surface area contributed by atoms with Gasteiger partial charge in [-0.25, -0.2) is 5.43 Å². The number of aromatic hydroxyl groups is 1. The molecule has 7 nitrogen and oxygen atoms in total. The number of anilines is 1. The van der Waals surface area contributed by atoms with Gasteiger partial charge in [-0.3, -0.25) is 9.59 Å². The van der Waals surface area contributed by atoms with E-state index in [0.717, 1.165) is 0 Å². The van der Waals surface area contributed by atoms with Gasteiger partial charge in [-0.05, 0) is 51.8 Å². The summed E-state index contributed by atoms with van der Waals surface area (Å²) in [6.45, 7) is 0. The number of ether oxygens (including phenoxy) is 1. The smallest absolute Gasteiger partial charge is 0.329 e. The molecule has 0 aliphatic carbocycles. The highest BCUT2D eigenvalue weighted by atomic mass is 79.9. The molecule has 0 aliphatic rings.